The summed E-state index contributed by atoms with van der Waals surface area (Å²) in [6.45, 7) is 7.87. The molecule has 0 bridgehead atoms. The number of allylic oxidation sites excluding steroid dienone is 3. The van der Waals surface area contributed by atoms with Gasteiger partial charge < -0.3 is 15.7 Å². The van der Waals surface area contributed by atoms with Gasteiger partial charge in [-0.2, -0.15) is 0 Å². The van der Waals surface area contributed by atoms with Crippen molar-refractivity contribution in [2.45, 2.75) is 78.4 Å². The summed E-state index contributed by atoms with van der Waals surface area (Å²) in [5, 5.41) is 16.6. The van der Waals surface area contributed by atoms with E-state index in [1.807, 2.05) is 6.08 Å². The number of carbonyl (C=O) groups excluding carboxylic acids is 2. The summed E-state index contributed by atoms with van der Waals surface area (Å²) in [5.74, 6) is 1.17. The Hall–Kier alpha value is -1.62. The van der Waals surface area contributed by atoms with Gasteiger partial charge in [-0.25, -0.2) is 0 Å². The highest BCUT2D eigenvalue weighted by Crippen LogP contribution is 2.64. The lowest BCUT2D eigenvalue weighted by molar-refractivity contribution is -0.120. The molecule has 2 fully saturated rings. The van der Waals surface area contributed by atoms with Crippen molar-refractivity contribution >= 4 is 11.8 Å². The average Bonchev–Trinajstić information content (AvgIpc) is 2.92. The van der Waals surface area contributed by atoms with Crippen LogP contribution in [0.5, 0.6) is 0 Å². The molecule has 5 nitrogen and oxygen atoms in total. The number of nitrogens with one attached hydrogen (secondary N) is 2. The summed E-state index contributed by atoms with van der Waals surface area (Å²) < 4.78 is 0. The molecule has 3 N–H and O–H groups in total. The average molecular weight is 387 g/mol. The molecule has 5 heteroatoms. The fourth-order valence-electron chi connectivity index (χ4n) is 6.98. The molecule has 0 spiro atoms. The minimum atomic E-state index is -0.386. The van der Waals surface area contributed by atoms with Crippen molar-refractivity contribution in [2.75, 3.05) is 0 Å². The smallest absolute Gasteiger partial charge is 0.220 e. The molecule has 0 aromatic heterocycles. The van der Waals surface area contributed by atoms with Gasteiger partial charge >= 0.3 is 0 Å². The van der Waals surface area contributed by atoms with Gasteiger partial charge in [-0.1, -0.05) is 26.0 Å². The van der Waals surface area contributed by atoms with Gasteiger partial charge in [0, 0.05) is 25.6 Å². The van der Waals surface area contributed by atoms with E-state index in [0.29, 0.717) is 17.8 Å². The molecule has 0 saturated heterocycles. The van der Waals surface area contributed by atoms with E-state index >= 15 is 0 Å². The lowest BCUT2D eigenvalue weighted by atomic mass is 9.49. The minimum Gasteiger partial charge on any atom is -0.389 e. The standard InChI is InChI=1S/C23H34N2O3/c1-13(26)24-19-12-15-11-16(28)7-9-22(15,3)18-8-10-23(4)17(21(18)19)5-6-20(23)25-14(2)27/h7,9,15-18,20,28H,5-6,8,10-12H2,1-4H3,(H,24,26)(H,25,27)/t15-,16-,17-,18-,20-,22-,23-/m0/s1. The highest BCUT2D eigenvalue weighted by Gasteiger charge is 2.58. The Morgan fingerprint density at radius 1 is 1.11 bits per heavy atom. The van der Waals surface area contributed by atoms with Gasteiger partial charge in [-0.05, 0) is 72.7 Å². The van der Waals surface area contributed by atoms with Crippen LogP contribution in [0.1, 0.15) is 66.2 Å². The summed E-state index contributed by atoms with van der Waals surface area (Å²) >= 11 is 0. The Balaban J connectivity index is 1.77. The van der Waals surface area contributed by atoms with Gasteiger partial charge in [-0.15, -0.1) is 0 Å². The van der Waals surface area contributed by atoms with Crippen LogP contribution in [0.3, 0.4) is 0 Å². The zero-order chi connectivity index (χ0) is 20.3. The van der Waals surface area contributed by atoms with Crippen molar-refractivity contribution in [3.8, 4) is 0 Å². The maximum Gasteiger partial charge on any atom is 0.220 e. The molecule has 0 aromatic carbocycles. The summed E-state index contributed by atoms with van der Waals surface area (Å²) in [6, 6.07) is 0.205. The van der Waals surface area contributed by atoms with Gasteiger partial charge in [0.05, 0.1) is 6.10 Å². The highest BCUT2D eigenvalue weighted by molar-refractivity contribution is 5.75. The predicted octanol–water partition coefficient (Wildman–Crippen LogP) is 3.05. The predicted molar refractivity (Wildman–Crippen MR) is 108 cm³/mol. The van der Waals surface area contributed by atoms with Gasteiger partial charge in [-0.3, -0.25) is 9.59 Å². The first-order valence-electron chi connectivity index (χ1n) is 10.8. The molecular formula is C23H34N2O3. The van der Waals surface area contributed by atoms with Gasteiger partial charge in [0.2, 0.25) is 11.8 Å². The number of aliphatic hydroxyl groups excluding tert-OH is 1. The van der Waals surface area contributed by atoms with Crippen LogP contribution in [0.4, 0.5) is 0 Å². The van der Waals surface area contributed by atoms with E-state index < -0.39 is 0 Å². The first kappa shape index (κ1) is 19.7. The van der Waals surface area contributed by atoms with Gasteiger partial charge in [0.25, 0.3) is 0 Å². The second-order valence-electron chi connectivity index (χ2n) is 10.0. The Bertz CT molecular complexity index is 757. The third-order valence-corrected chi connectivity index (χ3v) is 8.40. The van der Waals surface area contributed by atoms with Crippen molar-refractivity contribution < 1.29 is 14.7 Å². The van der Waals surface area contributed by atoms with Crippen LogP contribution in [0, 0.1) is 28.6 Å². The number of amides is 2. The first-order valence-corrected chi connectivity index (χ1v) is 10.8. The Labute approximate surface area is 168 Å². The SMILES string of the molecule is CC(=O)NC1=C2[C@H](CC[C@]3(C)[C@@H](NC(C)=O)CC[C@@H]23)[C@@]2(C)C=C[C@H](O)C[C@H]2C1. The molecule has 0 unspecified atom stereocenters. The fourth-order valence-corrected chi connectivity index (χ4v) is 6.98. The third-order valence-electron chi connectivity index (χ3n) is 8.40. The summed E-state index contributed by atoms with van der Waals surface area (Å²) in [5.41, 5.74) is 2.60. The van der Waals surface area contributed by atoms with Crippen LogP contribution in [-0.2, 0) is 9.59 Å². The number of rotatable bonds is 2. The van der Waals surface area contributed by atoms with Crippen LogP contribution in [0.25, 0.3) is 0 Å². The van der Waals surface area contributed by atoms with E-state index in [0.717, 1.165) is 44.2 Å². The zero-order valence-electron chi connectivity index (χ0n) is 17.5. The van der Waals surface area contributed by atoms with Gasteiger partial charge in [0.1, 0.15) is 0 Å². The Morgan fingerprint density at radius 3 is 2.54 bits per heavy atom. The fraction of sp³-hybridized carbons (Fsp3) is 0.739. The Morgan fingerprint density at radius 2 is 1.86 bits per heavy atom. The van der Waals surface area contributed by atoms with E-state index in [1.54, 1.807) is 13.8 Å². The minimum absolute atomic E-state index is 0.0135. The van der Waals surface area contributed by atoms with E-state index in [2.05, 4.69) is 30.6 Å². The number of aliphatic hydroxyl groups is 1. The molecule has 4 aliphatic rings. The second-order valence-corrected chi connectivity index (χ2v) is 10.0. The molecule has 0 heterocycles. The van der Waals surface area contributed by atoms with E-state index in [4.69, 9.17) is 0 Å². The normalized spacial score (nSPS) is 44.4. The maximum atomic E-state index is 12.0. The van der Waals surface area contributed by atoms with E-state index in [9.17, 15) is 14.7 Å². The molecular weight excluding hydrogens is 352 g/mol. The van der Waals surface area contributed by atoms with Crippen LogP contribution in [0.2, 0.25) is 0 Å². The lowest BCUT2D eigenvalue weighted by Crippen LogP contribution is -2.53. The van der Waals surface area contributed by atoms with E-state index in [1.165, 1.54) is 5.57 Å². The van der Waals surface area contributed by atoms with Gasteiger partial charge in [0.15, 0.2) is 0 Å². The molecule has 7 atom stereocenters. The zero-order valence-corrected chi connectivity index (χ0v) is 17.5. The number of hydrogen-bond donors (Lipinski definition) is 3. The number of hydrogen-bond acceptors (Lipinski definition) is 3. The summed E-state index contributed by atoms with van der Waals surface area (Å²) in [6.07, 6.45) is 9.63. The van der Waals surface area contributed by atoms with Crippen LogP contribution < -0.4 is 10.6 Å². The van der Waals surface area contributed by atoms with Crippen molar-refractivity contribution in [3.05, 3.63) is 23.4 Å². The third kappa shape index (κ3) is 2.94. The van der Waals surface area contributed by atoms with E-state index in [-0.39, 0.29) is 34.8 Å². The monoisotopic (exact) mass is 386 g/mol. The number of carbonyl (C=O) groups is 2. The molecule has 4 aliphatic carbocycles. The van der Waals surface area contributed by atoms with Crippen molar-refractivity contribution in [1.29, 1.82) is 0 Å². The van der Waals surface area contributed by atoms with Crippen LogP contribution >= 0.6 is 0 Å². The largest absolute Gasteiger partial charge is 0.389 e. The van der Waals surface area contributed by atoms with Crippen molar-refractivity contribution in [3.63, 3.8) is 0 Å². The van der Waals surface area contributed by atoms with Crippen LogP contribution in [-0.4, -0.2) is 29.1 Å². The molecule has 2 saturated carbocycles. The topological polar surface area (TPSA) is 78.4 Å². The van der Waals surface area contributed by atoms with Crippen LogP contribution in [0.15, 0.2) is 23.4 Å². The maximum absolute atomic E-state index is 12.0. The molecule has 2 amide bonds. The molecule has 0 radical (unpaired) electrons. The van der Waals surface area contributed by atoms with Crippen molar-refractivity contribution in [1.82, 2.24) is 10.6 Å². The molecule has 0 aliphatic heterocycles. The molecule has 28 heavy (non-hydrogen) atoms. The van der Waals surface area contributed by atoms with Crippen molar-refractivity contribution in [2.24, 2.45) is 28.6 Å². The molecule has 4 rings (SSSR count). The Kier molecular flexibility index (Phi) is 4.72. The first-order chi connectivity index (χ1) is 13.1. The summed E-state index contributed by atoms with van der Waals surface area (Å²) in [7, 11) is 0. The molecule has 154 valence electrons. The lowest BCUT2D eigenvalue weighted by Gasteiger charge is -2.56. The number of fused-ring (bicyclic) bond motifs is 5. The molecule has 0 aromatic rings. The highest BCUT2D eigenvalue weighted by atomic mass is 16.3. The summed E-state index contributed by atoms with van der Waals surface area (Å²) in [4.78, 5) is 23.8. The quantitative estimate of drug-likeness (QED) is 0.638. The second kappa shape index (κ2) is 6.72.